The van der Waals surface area contributed by atoms with E-state index in [1.54, 1.807) is 0 Å². The van der Waals surface area contributed by atoms with Gasteiger partial charge in [0.2, 0.25) is 5.95 Å². The Kier molecular flexibility index (Phi) is 3.49. The normalized spacial score (nSPS) is 21.4. The van der Waals surface area contributed by atoms with Crippen LogP contribution in [0.2, 0.25) is 0 Å². The van der Waals surface area contributed by atoms with Gasteiger partial charge in [0.05, 0.1) is 18.3 Å². The van der Waals surface area contributed by atoms with Gasteiger partial charge < -0.3 is 14.6 Å². The van der Waals surface area contributed by atoms with Crippen molar-refractivity contribution >= 4 is 5.95 Å². The van der Waals surface area contributed by atoms with Crippen LogP contribution in [0.15, 0.2) is 6.20 Å². The Morgan fingerprint density at radius 1 is 1.56 bits per heavy atom. The maximum Gasteiger partial charge on any atom is 0.203 e. The molecule has 0 radical (unpaired) electrons. The molecule has 0 spiro atoms. The highest BCUT2D eigenvalue weighted by Gasteiger charge is 2.17. The molecular weight excluding hydrogens is 202 g/mol. The first-order valence-corrected chi connectivity index (χ1v) is 6.06. The minimum Gasteiger partial charge on any atom is -0.379 e. The van der Waals surface area contributed by atoms with Crippen LogP contribution < -0.4 is 5.32 Å². The van der Waals surface area contributed by atoms with E-state index in [9.17, 15) is 0 Å². The molecule has 16 heavy (non-hydrogen) atoms. The van der Waals surface area contributed by atoms with E-state index in [1.165, 1.54) is 6.42 Å². The van der Waals surface area contributed by atoms with E-state index in [0.29, 0.717) is 12.1 Å². The van der Waals surface area contributed by atoms with Crippen molar-refractivity contribution in [2.45, 2.75) is 45.7 Å². The quantitative estimate of drug-likeness (QED) is 0.855. The topological polar surface area (TPSA) is 39.1 Å². The summed E-state index contributed by atoms with van der Waals surface area (Å²) >= 11 is 0. The minimum atomic E-state index is 0.410. The number of nitrogens with zero attached hydrogens (tertiary/aromatic N) is 2. The fourth-order valence-electron chi connectivity index (χ4n) is 2.05. The lowest BCUT2D eigenvalue weighted by Crippen LogP contribution is -2.31. The van der Waals surface area contributed by atoms with Crippen molar-refractivity contribution in [2.24, 2.45) is 0 Å². The van der Waals surface area contributed by atoms with E-state index in [1.807, 2.05) is 6.92 Å². The summed E-state index contributed by atoms with van der Waals surface area (Å²) in [6.07, 6.45) is 4.40. The van der Waals surface area contributed by atoms with Crippen molar-refractivity contribution < 1.29 is 4.74 Å². The summed E-state index contributed by atoms with van der Waals surface area (Å²) in [5, 5.41) is 3.48. The zero-order valence-electron chi connectivity index (χ0n) is 10.4. The van der Waals surface area contributed by atoms with E-state index >= 15 is 0 Å². The number of aryl methyl sites for hydroxylation is 1. The van der Waals surface area contributed by atoms with Gasteiger partial charge in [-0.1, -0.05) is 0 Å². The van der Waals surface area contributed by atoms with Crippen LogP contribution in [0.5, 0.6) is 0 Å². The molecule has 1 saturated heterocycles. The van der Waals surface area contributed by atoms with Crippen molar-refractivity contribution in [3.63, 3.8) is 0 Å². The lowest BCUT2D eigenvalue weighted by Gasteiger charge is -2.24. The smallest absolute Gasteiger partial charge is 0.203 e. The number of aromatic nitrogens is 2. The first-order chi connectivity index (χ1) is 7.66. The predicted molar refractivity (Wildman–Crippen MR) is 64.8 cm³/mol. The minimum absolute atomic E-state index is 0.410. The van der Waals surface area contributed by atoms with Gasteiger partial charge in [-0.25, -0.2) is 4.98 Å². The lowest BCUT2D eigenvalue weighted by atomic mass is 10.1. The molecule has 2 rings (SSSR count). The first kappa shape index (κ1) is 11.5. The standard InChI is InChI=1S/C12H21N3O/c1-9(2)15-7-10(3)13-12(15)14-11-5-4-6-16-8-11/h7,9,11H,4-6,8H2,1-3H3,(H,13,14). The van der Waals surface area contributed by atoms with Gasteiger partial charge >= 0.3 is 0 Å². The van der Waals surface area contributed by atoms with E-state index in [-0.39, 0.29) is 0 Å². The molecule has 4 nitrogen and oxygen atoms in total. The summed E-state index contributed by atoms with van der Waals surface area (Å²) in [5.74, 6) is 0.975. The molecule has 1 aliphatic heterocycles. The summed E-state index contributed by atoms with van der Waals surface area (Å²) in [6.45, 7) is 8.06. The van der Waals surface area contributed by atoms with Gasteiger partial charge in [-0.3, -0.25) is 0 Å². The number of rotatable bonds is 3. The molecule has 1 aromatic rings. The monoisotopic (exact) mass is 223 g/mol. The molecule has 0 aliphatic carbocycles. The van der Waals surface area contributed by atoms with E-state index < -0.39 is 0 Å². The van der Waals surface area contributed by atoms with Gasteiger partial charge in [0, 0.05) is 18.8 Å². The highest BCUT2D eigenvalue weighted by molar-refractivity contribution is 5.31. The molecule has 0 saturated carbocycles. The van der Waals surface area contributed by atoms with Gasteiger partial charge in [-0.05, 0) is 33.6 Å². The maximum atomic E-state index is 5.46. The second-order valence-electron chi connectivity index (χ2n) is 4.77. The molecule has 0 bridgehead atoms. The molecule has 0 amide bonds. The van der Waals surface area contributed by atoms with Crippen molar-refractivity contribution in [2.75, 3.05) is 18.5 Å². The fourth-order valence-corrected chi connectivity index (χ4v) is 2.05. The Morgan fingerprint density at radius 3 is 3.00 bits per heavy atom. The molecule has 1 N–H and O–H groups in total. The number of hydrogen-bond acceptors (Lipinski definition) is 3. The molecular formula is C12H21N3O. The number of nitrogens with one attached hydrogen (secondary N) is 1. The summed E-state index contributed by atoms with van der Waals surface area (Å²) in [6, 6.07) is 0.848. The zero-order valence-corrected chi connectivity index (χ0v) is 10.4. The van der Waals surface area contributed by atoms with Crippen LogP contribution >= 0.6 is 0 Å². The lowest BCUT2D eigenvalue weighted by molar-refractivity contribution is 0.0872. The van der Waals surface area contributed by atoms with Gasteiger partial charge in [0.15, 0.2) is 0 Å². The summed E-state index contributed by atoms with van der Waals surface area (Å²) in [7, 11) is 0. The Bertz CT molecular complexity index is 340. The third kappa shape index (κ3) is 2.55. The van der Waals surface area contributed by atoms with Crippen molar-refractivity contribution in [3.8, 4) is 0 Å². The van der Waals surface area contributed by atoms with Crippen LogP contribution in [0.25, 0.3) is 0 Å². The predicted octanol–water partition coefficient (Wildman–Crippen LogP) is 2.36. The van der Waals surface area contributed by atoms with Crippen LogP contribution in [0.4, 0.5) is 5.95 Å². The molecule has 1 aliphatic rings. The number of anilines is 1. The molecule has 0 aromatic carbocycles. The summed E-state index contributed by atoms with van der Waals surface area (Å²) in [4.78, 5) is 4.52. The Balaban J connectivity index is 2.07. The van der Waals surface area contributed by atoms with Gasteiger partial charge in [-0.15, -0.1) is 0 Å². The average molecular weight is 223 g/mol. The molecule has 1 atom stereocenters. The van der Waals surface area contributed by atoms with Crippen LogP contribution in [0, 0.1) is 6.92 Å². The van der Waals surface area contributed by atoms with E-state index in [2.05, 4.69) is 34.9 Å². The van der Waals surface area contributed by atoms with Gasteiger partial charge in [-0.2, -0.15) is 0 Å². The average Bonchev–Trinajstić information content (AvgIpc) is 2.61. The number of ether oxygens (including phenoxy) is 1. The highest BCUT2D eigenvalue weighted by Crippen LogP contribution is 2.18. The molecule has 1 fully saturated rings. The van der Waals surface area contributed by atoms with Crippen molar-refractivity contribution in [3.05, 3.63) is 11.9 Å². The fraction of sp³-hybridized carbons (Fsp3) is 0.750. The second kappa shape index (κ2) is 4.87. The Hall–Kier alpha value is -1.03. The summed E-state index contributed by atoms with van der Waals surface area (Å²) < 4.78 is 7.65. The van der Waals surface area contributed by atoms with E-state index in [0.717, 1.165) is 31.3 Å². The Labute approximate surface area is 97.0 Å². The summed E-state index contributed by atoms with van der Waals surface area (Å²) in [5.41, 5.74) is 1.06. The third-order valence-electron chi connectivity index (χ3n) is 2.90. The molecule has 1 unspecified atom stereocenters. The highest BCUT2D eigenvalue weighted by atomic mass is 16.5. The third-order valence-corrected chi connectivity index (χ3v) is 2.90. The van der Waals surface area contributed by atoms with Gasteiger partial charge in [0.1, 0.15) is 0 Å². The molecule has 2 heterocycles. The SMILES string of the molecule is Cc1cn(C(C)C)c(NC2CCCOC2)n1. The van der Waals surface area contributed by atoms with Gasteiger partial charge in [0.25, 0.3) is 0 Å². The molecule has 4 heteroatoms. The first-order valence-electron chi connectivity index (χ1n) is 6.06. The second-order valence-corrected chi connectivity index (χ2v) is 4.77. The number of imidazole rings is 1. The van der Waals surface area contributed by atoms with Crippen LogP contribution in [-0.4, -0.2) is 28.8 Å². The van der Waals surface area contributed by atoms with E-state index in [4.69, 9.17) is 4.74 Å². The van der Waals surface area contributed by atoms with Crippen LogP contribution in [0.3, 0.4) is 0 Å². The zero-order chi connectivity index (χ0) is 11.5. The van der Waals surface area contributed by atoms with Crippen molar-refractivity contribution in [1.29, 1.82) is 0 Å². The van der Waals surface area contributed by atoms with Crippen LogP contribution in [-0.2, 0) is 4.74 Å². The van der Waals surface area contributed by atoms with Crippen LogP contribution in [0.1, 0.15) is 38.4 Å². The van der Waals surface area contributed by atoms with Crippen molar-refractivity contribution in [1.82, 2.24) is 9.55 Å². The molecule has 90 valence electrons. The Morgan fingerprint density at radius 2 is 2.38 bits per heavy atom. The number of hydrogen-bond donors (Lipinski definition) is 1. The maximum absolute atomic E-state index is 5.46. The molecule has 1 aromatic heterocycles. The largest absolute Gasteiger partial charge is 0.379 e.